The summed E-state index contributed by atoms with van der Waals surface area (Å²) in [5.41, 5.74) is 1.50. The van der Waals surface area contributed by atoms with E-state index in [0.717, 1.165) is 4.47 Å². The van der Waals surface area contributed by atoms with Crippen molar-refractivity contribution >= 4 is 27.9 Å². The van der Waals surface area contributed by atoms with E-state index in [9.17, 15) is 9.59 Å². The standard InChI is InChI=1S/C15H17BrN2O4/c1-4-22-11-6-5-9(16)7-10(11)13-12(14(19)21-3)8(2)17-15(20)18-13/h5-7,13H,4H2,1-3H3,(H2,17,18,20)/t13-/m1/s1. The second kappa shape index (κ2) is 6.83. The van der Waals surface area contributed by atoms with Gasteiger partial charge < -0.3 is 20.1 Å². The first-order valence-corrected chi connectivity index (χ1v) is 7.56. The summed E-state index contributed by atoms with van der Waals surface area (Å²) in [5.74, 6) is 0.101. The van der Waals surface area contributed by atoms with Crippen molar-refractivity contribution in [1.82, 2.24) is 10.6 Å². The minimum absolute atomic E-state index is 0.348. The number of ether oxygens (including phenoxy) is 2. The highest BCUT2D eigenvalue weighted by Gasteiger charge is 2.33. The van der Waals surface area contributed by atoms with E-state index in [1.54, 1.807) is 13.0 Å². The number of rotatable bonds is 4. The summed E-state index contributed by atoms with van der Waals surface area (Å²) in [7, 11) is 1.31. The molecule has 6 nitrogen and oxygen atoms in total. The summed E-state index contributed by atoms with van der Waals surface area (Å²) in [4.78, 5) is 23.9. The molecule has 0 radical (unpaired) electrons. The first kappa shape index (κ1) is 16.4. The minimum atomic E-state index is -0.639. The van der Waals surface area contributed by atoms with Crippen LogP contribution in [0.3, 0.4) is 0 Å². The summed E-state index contributed by atoms with van der Waals surface area (Å²) in [6.45, 7) is 4.01. The Hall–Kier alpha value is -2.02. The number of methoxy groups -OCH3 is 1. The maximum absolute atomic E-state index is 12.1. The maximum atomic E-state index is 12.1. The second-order valence-corrected chi connectivity index (χ2v) is 5.59. The van der Waals surface area contributed by atoms with E-state index in [1.165, 1.54) is 7.11 Å². The molecule has 1 aromatic carbocycles. The van der Waals surface area contributed by atoms with Crippen LogP contribution in [0.15, 0.2) is 33.9 Å². The van der Waals surface area contributed by atoms with Gasteiger partial charge in [0.25, 0.3) is 0 Å². The Bertz CT molecular complexity index is 642. The predicted octanol–water partition coefficient (Wildman–Crippen LogP) is 2.65. The van der Waals surface area contributed by atoms with Crippen LogP contribution < -0.4 is 15.4 Å². The van der Waals surface area contributed by atoms with E-state index in [2.05, 4.69) is 26.6 Å². The fourth-order valence-corrected chi connectivity index (χ4v) is 2.72. The molecule has 0 aliphatic carbocycles. The van der Waals surface area contributed by atoms with Crippen molar-refractivity contribution in [2.24, 2.45) is 0 Å². The lowest BCUT2D eigenvalue weighted by Gasteiger charge is -2.29. The van der Waals surface area contributed by atoms with Gasteiger partial charge >= 0.3 is 12.0 Å². The molecular formula is C15H17BrN2O4. The zero-order chi connectivity index (χ0) is 16.3. The maximum Gasteiger partial charge on any atom is 0.337 e. The van der Waals surface area contributed by atoms with E-state index in [1.807, 2.05) is 19.1 Å². The molecule has 1 heterocycles. The molecule has 1 aromatic rings. The number of hydrogen-bond acceptors (Lipinski definition) is 4. The Morgan fingerprint density at radius 1 is 1.41 bits per heavy atom. The Balaban J connectivity index is 2.57. The SMILES string of the molecule is CCOc1ccc(Br)cc1[C@H]1NC(=O)NC(C)=C1C(=O)OC. The number of carbonyl (C=O) groups is 2. The van der Waals surface area contributed by atoms with Crippen molar-refractivity contribution in [3.05, 3.63) is 39.5 Å². The molecule has 2 amide bonds. The summed E-state index contributed by atoms with van der Waals surface area (Å²) < 4.78 is 11.3. The van der Waals surface area contributed by atoms with E-state index >= 15 is 0 Å². The highest BCUT2D eigenvalue weighted by Crippen LogP contribution is 2.35. The summed E-state index contributed by atoms with van der Waals surface area (Å²) >= 11 is 3.40. The molecule has 0 aromatic heterocycles. The molecule has 0 unspecified atom stereocenters. The van der Waals surface area contributed by atoms with Crippen LogP contribution in [0.4, 0.5) is 4.79 Å². The minimum Gasteiger partial charge on any atom is -0.494 e. The predicted molar refractivity (Wildman–Crippen MR) is 84.4 cm³/mol. The lowest BCUT2D eigenvalue weighted by molar-refractivity contribution is -0.136. The zero-order valence-electron chi connectivity index (χ0n) is 12.5. The highest BCUT2D eigenvalue weighted by atomic mass is 79.9. The molecule has 1 aliphatic rings. The van der Waals surface area contributed by atoms with Crippen molar-refractivity contribution in [3.63, 3.8) is 0 Å². The molecule has 0 spiro atoms. The molecule has 0 fully saturated rings. The molecule has 1 atom stereocenters. The number of benzene rings is 1. The second-order valence-electron chi connectivity index (χ2n) is 4.68. The van der Waals surface area contributed by atoms with Crippen LogP contribution in [0.25, 0.3) is 0 Å². The van der Waals surface area contributed by atoms with Crippen LogP contribution in [-0.2, 0) is 9.53 Å². The zero-order valence-corrected chi connectivity index (χ0v) is 14.1. The fourth-order valence-electron chi connectivity index (χ4n) is 2.34. The van der Waals surface area contributed by atoms with Crippen molar-refractivity contribution in [1.29, 1.82) is 0 Å². The third-order valence-electron chi connectivity index (χ3n) is 3.26. The number of halogens is 1. The van der Waals surface area contributed by atoms with Gasteiger partial charge in [-0.3, -0.25) is 0 Å². The van der Waals surface area contributed by atoms with Crippen LogP contribution in [0.5, 0.6) is 5.75 Å². The molecule has 0 saturated carbocycles. The van der Waals surface area contributed by atoms with Gasteiger partial charge in [0.15, 0.2) is 0 Å². The average Bonchev–Trinajstić information content (AvgIpc) is 2.47. The Morgan fingerprint density at radius 2 is 2.14 bits per heavy atom. The third kappa shape index (κ3) is 3.24. The van der Waals surface area contributed by atoms with Crippen LogP contribution in [0.1, 0.15) is 25.5 Å². The summed E-state index contributed by atoms with van der Waals surface area (Å²) in [5, 5.41) is 5.33. The van der Waals surface area contributed by atoms with Crippen LogP contribution in [-0.4, -0.2) is 25.7 Å². The van der Waals surface area contributed by atoms with E-state index in [4.69, 9.17) is 9.47 Å². The molecule has 7 heteroatoms. The van der Waals surface area contributed by atoms with Gasteiger partial charge in [-0.1, -0.05) is 15.9 Å². The molecular weight excluding hydrogens is 352 g/mol. The molecule has 118 valence electrons. The van der Waals surface area contributed by atoms with Gasteiger partial charge in [0.05, 0.1) is 25.3 Å². The molecule has 0 saturated heterocycles. The van der Waals surface area contributed by atoms with Gasteiger partial charge in [-0.05, 0) is 32.0 Å². The number of amides is 2. The summed E-state index contributed by atoms with van der Waals surface area (Å²) in [6.07, 6.45) is 0. The number of carbonyl (C=O) groups excluding carboxylic acids is 2. The van der Waals surface area contributed by atoms with Gasteiger partial charge in [-0.25, -0.2) is 9.59 Å². The average molecular weight is 369 g/mol. The highest BCUT2D eigenvalue weighted by molar-refractivity contribution is 9.10. The van der Waals surface area contributed by atoms with Gasteiger partial charge in [0, 0.05) is 15.7 Å². The quantitative estimate of drug-likeness (QED) is 0.800. The fraction of sp³-hybridized carbons (Fsp3) is 0.333. The van der Waals surface area contributed by atoms with E-state index in [-0.39, 0.29) is 6.03 Å². The van der Waals surface area contributed by atoms with Gasteiger partial charge in [-0.15, -0.1) is 0 Å². The smallest absolute Gasteiger partial charge is 0.337 e. The van der Waals surface area contributed by atoms with Crippen LogP contribution >= 0.6 is 15.9 Å². The third-order valence-corrected chi connectivity index (χ3v) is 3.75. The first-order valence-electron chi connectivity index (χ1n) is 6.76. The number of allylic oxidation sites excluding steroid dienone is 1. The van der Waals surface area contributed by atoms with Crippen LogP contribution in [0, 0.1) is 0 Å². The summed E-state index contributed by atoms with van der Waals surface area (Å²) in [6, 6.07) is 4.43. The molecule has 1 aliphatic heterocycles. The van der Waals surface area contributed by atoms with Crippen molar-refractivity contribution in [2.75, 3.05) is 13.7 Å². The first-order chi connectivity index (χ1) is 10.5. The van der Waals surface area contributed by atoms with Gasteiger partial charge in [0.1, 0.15) is 5.75 Å². The Kier molecular flexibility index (Phi) is 5.07. The van der Waals surface area contributed by atoms with Crippen LogP contribution in [0.2, 0.25) is 0 Å². The van der Waals surface area contributed by atoms with E-state index < -0.39 is 12.0 Å². The van der Waals surface area contributed by atoms with Gasteiger partial charge in [-0.2, -0.15) is 0 Å². The number of nitrogens with one attached hydrogen (secondary N) is 2. The van der Waals surface area contributed by atoms with Crippen molar-refractivity contribution in [2.45, 2.75) is 19.9 Å². The number of esters is 1. The van der Waals surface area contributed by atoms with Crippen molar-refractivity contribution < 1.29 is 19.1 Å². The normalized spacial score (nSPS) is 17.6. The van der Waals surface area contributed by atoms with Gasteiger partial charge in [0.2, 0.25) is 0 Å². The lowest BCUT2D eigenvalue weighted by Crippen LogP contribution is -2.45. The largest absolute Gasteiger partial charge is 0.494 e. The molecule has 22 heavy (non-hydrogen) atoms. The monoisotopic (exact) mass is 368 g/mol. The molecule has 0 bridgehead atoms. The molecule has 2 N–H and O–H groups in total. The number of urea groups is 1. The topological polar surface area (TPSA) is 76.7 Å². The van der Waals surface area contributed by atoms with Crippen molar-refractivity contribution in [3.8, 4) is 5.75 Å². The number of hydrogen-bond donors (Lipinski definition) is 2. The molecule has 2 rings (SSSR count). The van der Waals surface area contributed by atoms with E-state index in [0.29, 0.717) is 29.2 Å². The lowest BCUT2D eigenvalue weighted by atomic mass is 9.95. The Labute approximate surface area is 137 Å². The Morgan fingerprint density at radius 3 is 2.77 bits per heavy atom.